The first-order valence-electron chi connectivity index (χ1n) is 14.4. The van der Waals surface area contributed by atoms with Gasteiger partial charge in [0.05, 0.1) is 13.0 Å². The lowest BCUT2D eigenvalue weighted by molar-refractivity contribution is -0.137. The Kier molecular flexibility index (Phi) is 10.3. The summed E-state index contributed by atoms with van der Waals surface area (Å²) in [4.78, 5) is 14.5. The summed E-state index contributed by atoms with van der Waals surface area (Å²) in [6, 6.07) is 16.2. The third kappa shape index (κ3) is 7.33. The van der Waals surface area contributed by atoms with Gasteiger partial charge in [0.25, 0.3) is 0 Å². The second-order valence-corrected chi connectivity index (χ2v) is 13.5. The molecule has 0 bridgehead atoms. The van der Waals surface area contributed by atoms with Crippen molar-refractivity contribution in [3.63, 3.8) is 0 Å². The number of ether oxygens (including phenoxy) is 1. The highest BCUT2D eigenvalue weighted by Gasteiger charge is 2.35. The van der Waals surface area contributed by atoms with Gasteiger partial charge in [-0.15, -0.1) is 10.8 Å². The molecule has 228 valence electrons. The molecule has 9 heteroatoms. The molecule has 0 amide bonds. The van der Waals surface area contributed by atoms with Crippen LogP contribution in [0.15, 0.2) is 59.5 Å². The van der Waals surface area contributed by atoms with Crippen molar-refractivity contribution in [3.8, 4) is 5.75 Å². The lowest BCUT2D eigenvalue weighted by Crippen LogP contribution is -2.34. The van der Waals surface area contributed by atoms with Crippen molar-refractivity contribution in [1.82, 2.24) is 9.21 Å². The zero-order chi connectivity index (χ0) is 30.6. The van der Waals surface area contributed by atoms with E-state index < -0.39 is 22.7 Å². The number of carboxylic acids is 1. The van der Waals surface area contributed by atoms with E-state index in [4.69, 9.17) is 4.74 Å². The van der Waals surface area contributed by atoms with Crippen molar-refractivity contribution in [2.75, 3.05) is 27.2 Å². The number of para-hydroxylation sites is 1. The quantitative estimate of drug-likeness (QED) is 0.214. The predicted molar refractivity (Wildman–Crippen MR) is 166 cm³/mol. The molecule has 1 aliphatic heterocycles. The Morgan fingerprint density at radius 2 is 1.83 bits per heavy atom. The van der Waals surface area contributed by atoms with E-state index in [0.717, 1.165) is 35.2 Å². The SMILES string of the molecule is CCC1CN(Cc2cc(C(CC(=O)O)c3cc(CCCN(C)C)c(F)cc3C)ccc2C)S(O)(O)c2ccccc2O1. The van der Waals surface area contributed by atoms with Gasteiger partial charge < -0.3 is 14.7 Å². The van der Waals surface area contributed by atoms with E-state index in [1.165, 1.54) is 6.07 Å². The molecule has 2 unspecified atom stereocenters. The van der Waals surface area contributed by atoms with Crippen molar-refractivity contribution < 1.29 is 28.1 Å². The van der Waals surface area contributed by atoms with E-state index >= 15 is 0 Å². The van der Waals surface area contributed by atoms with Gasteiger partial charge in [-0.05, 0) is 105 Å². The van der Waals surface area contributed by atoms with Crippen molar-refractivity contribution in [2.24, 2.45) is 0 Å². The zero-order valence-corrected chi connectivity index (χ0v) is 26.0. The summed E-state index contributed by atoms with van der Waals surface area (Å²) in [5.41, 5.74) is 4.70. The number of fused-ring (bicyclic) bond motifs is 1. The summed E-state index contributed by atoms with van der Waals surface area (Å²) in [5, 5.41) is 9.89. The fraction of sp³-hybridized carbons (Fsp3) is 0.424. The van der Waals surface area contributed by atoms with Gasteiger partial charge in [-0.2, -0.15) is 4.31 Å². The van der Waals surface area contributed by atoms with Crippen molar-refractivity contribution in [2.45, 2.75) is 69.9 Å². The number of nitrogens with zero attached hydrogens (tertiary/aromatic N) is 2. The highest BCUT2D eigenvalue weighted by molar-refractivity contribution is 8.22. The molecule has 1 heterocycles. The molecule has 3 aromatic rings. The predicted octanol–water partition coefficient (Wildman–Crippen LogP) is 7.24. The number of aliphatic carboxylic acids is 1. The maximum atomic E-state index is 14.9. The van der Waals surface area contributed by atoms with Crippen LogP contribution in [0.1, 0.15) is 65.5 Å². The maximum Gasteiger partial charge on any atom is 0.304 e. The Morgan fingerprint density at radius 3 is 2.52 bits per heavy atom. The second kappa shape index (κ2) is 13.6. The van der Waals surface area contributed by atoms with E-state index in [1.807, 2.05) is 65.2 Å². The van der Waals surface area contributed by atoms with Crippen molar-refractivity contribution >= 4 is 16.7 Å². The Balaban J connectivity index is 1.72. The molecule has 3 aromatic carbocycles. The van der Waals surface area contributed by atoms with Gasteiger partial charge in [-0.3, -0.25) is 13.9 Å². The molecule has 0 aliphatic carbocycles. The van der Waals surface area contributed by atoms with E-state index in [2.05, 4.69) is 4.90 Å². The number of benzene rings is 3. The number of carboxylic acid groups (broad SMARTS) is 1. The van der Waals surface area contributed by atoms with Crippen LogP contribution < -0.4 is 4.74 Å². The number of halogens is 1. The van der Waals surface area contributed by atoms with Gasteiger partial charge in [0.1, 0.15) is 22.6 Å². The summed E-state index contributed by atoms with van der Waals surface area (Å²) < 4.78 is 45.7. The molecule has 2 atom stereocenters. The first-order valence-corrected chi connectivity index (χ1v) is 15.9. The van der Waals surface area contributed by atoms with Gasteiger partial charge in [0, 0.05) is 12.5 Å². The first kappa shape index (κ1) is 32.0. The van der Waals surface area contributed by atoms with Gasteiger partial charge in [-0.25, -0.2) is 4.39 Å². The molecule has 7 nitrogen and oxygen atoms in total. The van der Waals surface area contributed by atoms with E-state index in [0.29, 0.717) is 41.2 Å². The fourth-order valence-electron chi connectivity index (χ4n) is 5.57. The molecule has 42 heavy (non-hydrogen) atoms. The highest BCUT2D eigenvalue weighted by Crippen LogP contribution is 2.57. The molecule has 0 spiro atoms. The van der Waals surface area contributed by atoms with E-state index in [1.54, 1.807) is 22.5 Å². The van der Waals surface area contributed by atoms with Crippen LogP contribution in [0.5, 0.6) is 5.75 Å². The lowest BCUT2D eigenvalue weighted by atomic mass is 9.83. The Hall–Kier alpha value is -2.95. The number of aryl methyl sites for hydroxylation is 3. The maximum absolute atomic E-state index is 14.9. The molecule has 4 rings (SSSR count). The Labute approximate surface area is 250 Å². The molecule has 0 fully saturated rings. The molecular weight excluding hydrogens is 555 g/mol. The average Bonchev–Trinajstić information content (AvgIpc) is 3.03. The molecule has 3 N–H and O–H groups in total. The number of carbonyl (C=O) groups is 1. The summed E-state index contributed by atoms with van der Waals surface area (Å²) in [5.74, 6) is -1.23. The Bertz CT molecular complexity index is 1410. The standard InChI is InChI=1S/C33H43FN2O5S/c1-6-27-21-36(42(39,40)32-12-8-7-11-31(32)41-27)20-26-17-24(14-13-22(26)2)29(19-33(37)38)28-18-25(10-9-15-35(4)5)30(34)16-23(28)3/h7-8,11-14,16-18,27,29,39-40H,6,9-10,15,19-21H2,1-5H3,(H,37,38). The van der Waals surface area contributed by atoms with Gasteiger partial charge >= 0.3 is 5.97 Å². The third-order valence-electron chi connectivity index (χ3n) is 8.02. The van der Waals surface area contributed by atoms with Gasteiger partial charge in [0.2, 0.25) is 0 Å². The topological polar surface area (TPSA) is 93.5 Å². The monoisotopic (exact) mass is 598 g/mol. The molecule has 0 saturated heterocycles. The number of hydrogen-bond acceptors (Lipinski definition) is 6. The zero-order valence-electron chi connectivity index (χ0n) is 25.1. The van der Waals surface area contributed by atoms with Crippen LogP contribution in [0.3, 0.4) is 0 Å². The molecule has 1 aliphatic rings. The second-order valence-electron chi connectivity index (χ2n) is 11.5. The Morgan fingerprint density at radius 1 is 1.10 bits per heavy atom. The third-order valence-corrected chi connectivity index (χ3v) is 9.95. The van der Waals surface area contributed by atoms with Crippen LogP contribution in [-0.4, -0.2) is 62.7 Å². The van der Waals surface area contributed by atoms with Crippen molar-refractivity contribution in [3.05, 3.63) is 93.8 Å². The highest BCUT2D eigenvalue weighted by atomic mass is 32.3. The molecule has 0 radical (unpaired) electrons. The summed E-state index contributed by atoms with van der Waals surface area (Å²) in [7, 11) is 0.615. The fourth-order valence-corrected chi connectivity index (χ4v) is 7.19. The van der Waals surface area contributed by atoms with Crippen LogP contribution in [0.25, 0.3) is 0 Å². The van der Waals surface area contributed by atoms with Crippen LogP contribution in [-0.2, 0) is 17.8 Å². The average molecular weight is 599 g/mol. The first-order chi connectivity index (χ1) is 19.9. The number of hydrogen-bond donors (Lipinski definition) is 3. The largest absolute Gasteiger partial charge is 0.487 e. The molecule has 0 aromatic heterocycles. The van der Waals surface area contributed by atoms with Crippen LogP contribution in [0, 0.1) is 19.7 Å². The van der Waals surface area contributed by atoms with Crippen LogP contribution in [0.4, 0.5) is 4.39 Å². The summed E-state index contributed by atoms with van der Waals surface area (Å²) >= 11 is 0. The minimum atomic E-state index is -3.34. The van der Waals surface area contributed by atoms with Gasteiger partial charge in [-0.1, -0.05) is 43.3 Å². The smallest absolute Gasteiger partial charge is 0.304 e. The molecule has 0 saturated carbocycles. The molecular formula is C33H43FN2O5S. The normalized spacial score (nSPS) is 18.2. The van der Waals surface area contributed by atoms with E-state index in [9.17, 15) is 23.4 Å². The van der Waals surface area contributed by atoms with E-state index in [-0.39, 0.29) is 24.9 Å². The summed E-state index contributed by atoms with van der Waals surface area (Å²) in [6.45, 7) is 7.18. The van der Waals surface area contributed by atoms with Gasteiger partial charge in [0.15, 0.2) is 0 Å². The van der Waals surface area contributed by atoms with Crippen molar-refractivity contribution in [1.29, 1.82) is 0 Å². The van der Waals surface area contributed by atoms with Crippen LogP contribution >= 0.6 is 10.8 Å². The minimum Gasteiger partial charge on any atom is -0.487 e. The summed E-state index contributed by atoms with van der Waals surface area (Å²) in [6.07, 6.45) is 1.67. The van der Waals surface area contributed by atoms with Crippen LogP contribution in [0.2, 0.25) is 0 Å². The number of rotatable bonds is 11. The lowest BCUT2D eigenvalue weighted by Gasteiger charge is -2.42. The minimum absolute atomic E-state index is 0.149.